The first-order chi connectivity index (χ1) is 17.9. The highest BCUT2D eigenvalue weighted by molar-refractivity contribution is 7.71. The van der Waals surface area contributed by atoms with Crippen LogP contribution in [0.3, 0.4) is 0 Å². The molecule has 0 saturated carbocycles. The molecule has 0 bridgehead atoms. The van der Waals surface area contributed by atoms with E-state index in [0.29, 0.717) is 6.61 Å². The van der Waals surface area contributed by atoms with Crippen molar-refractivity contribution >= 4 is 37.4 Å². The molecule has 5 aromatic carbocycles. The van der Waals surface area contributed by atoms with Gasteiger partial charge < -0.3 is 4.52 Å². The van der Waals surface area contributed by atoms with E-state index in [1.807, 2.05) is 0 Å². The first kappa shape index (κ1) is 24.6. The summed E-state index contributed by atoms with van der Waals surface area (Å²) in [6, 6.07) is 53.4. The van der Waals surface area contributed by atoms with E-state index in [1.165, 1.54) is 26.8 Å². The van der Waals surface area contributed by atoms with E-state index in [0.717, 1.165) is 0 Å². The van der Waals surface area contributed by atoms with Crippen LogP contribution in [0.4, 0.5) is 0 Å². The van der Waals surface area contributed by atoms with Crippen LogP contribution in [0.25, 0.3) is 0 Å². The lowest BCUT2D eigenvalue weighted by Gasteiger charge is -2.29. The second-order valence-electron chi connectivity index (χ2n) is 8.36. The minimum absolute atomic E-state index is 0.0372. The zero-order valence-electron chi connectivity index (χ0n) is 20.0. The van der Waals surface area contributed by atoms with Crippen LogP contribution >= 0.6 is 16.2 Å². The van der Waals surface area contributed by atoms with E-state index in [1.54, 1.807) is 0 Å². The quantitative estimate of drug-likeness (QED) is 0.221. The van der Waals surface area contributed by atoms with E-state index in [-0.39, 0.29) is 6.04 Å². The molecule has 0 spiro atoms. The van der Waals surface area contributed by atoms with Crippen LogP contribution in [0.5, 0.6) is 0 Å². The third-order valence-electron chi connectivity index (χ3n) is 5.87. The molecule has 0 heterocycles. The molecule has 0 amide bonds. The number of hydrogen-bond donors (Lipinski definition) is 1. The van der Waals surface area contributed by atoms with E-state index in [4.69, 9.17) is 4.52 Å². The van der Waals surface area contributed by atoms with Crippen molar-refractivity contribution in [2.24, 2.45) is 0 Å². The average Bonchev–Trinajstić information content (AvgIpc) is 2.97. The maximum Gasteiger partial charge on any atom is 0.0918 e. The maximum absolute atomic E-state index is 6.82. The van der Waals surface area contributed by atoms with Gasteiger partial charge in [-0.05, 0) is 16.2 Å². The third kappa shape index (κ3) is 6.35. The fourth-order valence-corrected chi connectivity index (χ4v) is 7.93. The highest BCUT2D eigenvalue weighted by Crippen LogP contribution is 2.38. The minimum atomic E-state index is -0.940. The molecule has 0 saturated heterocycles. The number of benzene rings is 5. The second kappa shape index (κ2) is 12.7. The Balaban J connectivity index is 1.46. The normalized spacial score (nSPS) is 12.1. The number of hydrogen-bond acceptors (Lipinski definition) is 2. The SMILES string of the molecule is c1ccc(C(COP(c2ccccc2)c2ccccc2)NP(c2ccccc2)c2ccccc2)cc1. The van der Waals surface area contributed by atoms with Gasteiger partial charge in [0.2, 0.25) is 0 Å². The van der Waals surface area contributed by atoms with Gasteiger partial charge in [0, 0.05) is 18.7 Å². The van der Waals surface area contributed by atoms with Gasteiger partial charge in [0.1, 0.15) is 0 Å². The Bertz CT molecular complexity index is 1220. The maximum atomic E-state index is 6.82. The first-order valence-corrected chi connectivity index (χ1v) is 14.7. The summed E-state index contributed by atoms with van der Waals surface area (Å²) in [5.74, 6) is 0. The summed E-state index contributed by atoms with van der Waals surface area (Å²) in [7, 11) is -1.72. The van der Waals surface area contributed by atoms with Gasteiger partial charge in [0.25, 0.3) is 0 Å². The van der Waals surface area contributed by atoms with Gasteiger partial charge in [-0.25, -0.2) is 0 Å². The van der Waals surface area contributed by atoms with Gasteiger partial charge in [0.15, 0.2) is 0 Å². The van der Waals surface area contributed by atoms with Crippen LogP contribution in [0, 0.1) is 0 Å². The van der Waals surface area contributed by atoms with Crippen molar-refractivity contribution in [1.29, 1.82) is 0 Å². The molecule has 1 unspecified atom stereocenters. The molecular weight excluding hydrogens is 476 g/mol. The van der Waals surface area contributed by atoms with Gasteiger partial charge >= 0.3 is 0 Å². The lowest BCUT2D eigenvalue weighted by atomic mass is 10.1. The predicted molar refractivity (Wildman–Crippen MR) is 156 cm³/mol. The van der Waals surface area contributed by atoms with Crippen LogP contribution in [0.2, 0.25) is 0 Å². The smallest absolute Gasteiger partial charge is 0.0918 e. The molecule has 0 aliphatic rings. The summed E-state index contributed by atoms with van der Waals surface area (Å²) in [5, 5.41) is 9.05. The molecule has 1 atom stereocenters. The van der Waals surface area contributed by atoms with Crippen LogP contribution in [-0.2, 0) is 4.52 Å². The fourth-order valence-electron chi connectivity index (χ4n) is 4.08. The van der Waals surface area contributed by atoms with E-state index >= 15 is 0 Å². The van der Waals surface area contributed by atoms with E-state index in [9.17, 15) is 0 Å². The Kier molecular flexibility index (Phi) is 8.68. The summed E-state index contributed by atoms with van der Waals surface area (Å²) in [5.41, 5.74) is 1.23. The van der Waals surface area contributed by atoms with Crippen LogP contribution in [-0.4, -0.2) is 6.61 Å². The topological polar surface area (TPSA) is 21.3 Å². The standard InChI is InChI=1S/C32H29NOP2/c1-6-16-27(17-7-1)32(33-35(28-18-8-2-9-19-28)29-20-10-3-11-21-29)26-34-36(30-22-12-4-13-23-30)31-24-14-5-15-25-31/h1-25,32-33H,26H2. The molecule has 0 radical (unpaired) electrons. The highest BCUT2D eigenvalue weighted by atomic mass is 31.1. The predicted octanol–water partition coefficient (Wildman–Crippen LogP) is 6.43. The van der Waals surface area contributed by atoms with Gasteiger partial charge in [-0.3, -0.25) is 5.09 Å². The summed E-state index contributed by atoms with van der Waals surface area (Å²) in [6.07, 6.45) is 0. The molecule has 0 aliphatic heterocycles. The molecule has 5 aromatic rings. The molecule has 0 aliphatic carbocycles. The van der Waals surface area contributed by atoms with Gasteiger partial charge in [-0.1, -0.05) is 152 Å². The molecule has 2 nitrogen and oxygen atoms in total. The number of nitrogens with one attached hydrogen (secondary N) is 1. The van der Waals surface area contributed by atoms with Crippen LogP contribution in [0.15, 0.2) is 152 Å². The fraction of sp³-hybridized carbons (Fsp3) is 0.0625. The second-order valence-corrected chi connectivity index (χ2v) is 12.2. The van der Waals surface area contributed by atoms with Crippen LogP contribution < -0.4 is 26.3 Å². The molecule has 0 aromatic heterocycles. The minimum Gasteiger partial charge on any atom is -0.348 e. The summed E-state index contributed by atoms with van der Waals surface area (Å²) in [6.45, 7) is 0.567. The molecule has 0 fully saturated rings. The Labute approximate surface area is 216 Å². The monoisotopic (exact) mass is 505 g/mol. The van der Waals surface area contributed by atoms with Gasteiger partial charge in [-0.2, -0.15) is 0 Å². The third-order valence-corrected chi connectivity index (χ3v) is 10.0. The summed E-state index contributed by atoms with van der Waals surface area (Å²) < 4.78 is 6.82. The van der Waals surface area contributed by atoms with Gasteiger partial charge in [-0.15, -0.1) is 0 Å². The average molecular weight is 506 g/mol. The molecular formula is C32H29NOP2. The molecule has 4 heteroatoms. The van der Waals surface area contributed by atoms with Crippen molar-refractivity contribution in [3.63, 3.8) is 0 Å². The van der Waals surface area contributed by atoms with Crippen molar-refractivity contribution in [1.82, 2.24) is 5.09 Å². The van der Waals surface area contributed by atoms with E-state index in [2.05, 4.69) is 157 Å². The zero-order valence-corrected chi connectivity index (χ0v) is 21.8. The Morgan fingerprint density at radius 3 is 1.25 bits per heavy atom. The van der Waals surface area contributed by atoms with Crippen molar-refractivity contribution in [3.8, 4) is 0 Å². The highest BCUT2D eigenvalue weighted by Gasteiger charge is 2.23. The van der Waals surface area contributed by atoms with Crippen molar-refractivity contribution in [2.45, 2.75) is 6.04 Å². The van der Waals surface area contributed by atoms with E-state index < -0.39 is 16.2 Å². The summed E-state index contributed by atoms with van der Waals surface area (Å²) in [4.78, 5) is 0. The Hall–Kier alpha value is -3.12. The van der Waals surface area contributed by atoms with Crippen molar-refractivity contribution in [2.75, 3.05) is 6.61 Å². The number of rotatable bonds is 10. The molecule has 178 valence electrons. The lowest BCUT2D eigenvalue weighted by Crippen LogP contribution is -2.30. The molecule has 5 rings (SSSR count). The summed E-state index contributed by atoms with van der Waals surface area (Å²) >= 11 is 0. The first-order valence-electron chi connectivity index (χ1n) is 12.1. The largest absolute Gasteiger partial charge is 0.348 e. The Morgan fingerprint density at radius 2 is 0.833 bits per heavy atom. The Morgan fingerprint density at radius 1 is 0.472 bits per heavy atom. The van der Waals surface area contributed by atoms with Crippen LogP contribution in [0.1, 0.15) is 11.6 Å². The molecule has 36 heavy (non-hydrogen) atoms. The molecule has 1 N–H and O–H groups in total. The lowest BCUT2D eigenvalue weighted by molar-refractivity contribution is 0.319. The van der Waals surface area contributed by atoms with Crippen molar-refractivity contribution in [3.05, 3.63) is 157 Å². The van der Waals surface area contributed by atoms with Gasteiger partial charge in [0.05, 0.1) is 20.8 Å². The van der Waals surface area contributed by atoms with Crippen molar-refractivity contribution < 1.29 is 4.52 Å². The zero-order chi connectivity index (χ0) is 24.4.